The van der Waals surface area contributed by atoms with Gasteiger partial charge in [0.2, 0.25) is 5.82 Å². The van der Waals surface area contributed by atoms with E-state index < -0.39 is 11.9 Å². The van der Waals surface area contributed by atoms with Crippen molar-refractivity contribution in [1.82, 2.24) is 30.5 Å². The number of hydrogen-bond donors (Lipinski definition) is 2. The molecule has 29 heavy (non-hydrogen) atoms. The Morgan fingerprint density at radius 3 is 2.76 bits per heavy atom. The normalized spacial score (nSPS) is 18.8. The molecule has 1 aromatic carbocycles. The number of likely N-dealkylation sites (N-methyl/N-ethyl adjacent to an activating group) is 1. The number of carbonyl (C=O) groups excluding carboxylic acids is 2. The van der Waals surface area contributed by atoms with Crippen molar-refractivity contribution in [3.8, 4) is 0 Å². The molecule has 9 heteroatoms. The molecule has 3 aromatic rings. The highest BCUT2D eigenvalue weighted by Crippen LogP contribution is 2.25. The highest BCUT2D eigenvalue weighted by atomic mass is 16.2. The molecule has 0 fully saturated rings. The lowest BCUT2D eigenvalue weighted by Gasteiger charge is -2.23. The number of fused-ring (bicyclic) bond motifs is 1. The van der Waals surface area contributed by atoms with Crippen molar-refractivity contribution in [2.75, 3.05) is 11.9 Å². The van der Waals surface area contributed by atoms with Crippen LogP contribution in [0.15, 0.2) is 42.7 Å². The first-order valence-electron chi connectivity index (χ1n) is 9.36. The number of hydrogen-bond acceptors (Lipinski definition) is 6. The van der Waals surface area contributed by atoms with Crippen LogP contribution in [0.5, 0.6) is 0 Å². The zero-order valence-electron chi connectivity index (χ0n) is 16.2. The van der Waals surface area contributed by atoms with Crippen molar-refractivity contribution in [3.05, 3.63) is 65.6 Å². The van der Waals surface area contributed by atoms with Gasteiger partial charge in [-0.2, -0.15) is 0 Å². The van der Waals surface area contributed by atoms with Crippen LogP contribution in [0.2, 0.25) is 0 Å². The quantitative estimate of drug-likeness (QED) is 0.689. The molecule has 0 saturated heterocycles. The average Bonchev–Trinajstić information content (AvgIpc) is 3.17. The van der Waals surface area contributed by atoms with Crippen LogP contribution < -0.4 is 10.2 Å². The minimum absolute atomic E-state index is 0.0802. The van der Waals surface area contributed by atoms with Crippen LogP contribution in [0.25, 0.3) is 0 Å². The Morgan fingerprint density at radius 1 is 1.21 bits per heavy atom. The summed E-state index contributed by atoms with van der Waals surface area (Å²) in [5.74, 6) is 0.317. The van der Waals surface area contributed by atoms with Crippen LogP contribution in [-0.4, -0.2) is 50.1 Å². The van der Waals surface area contributed by atoms with Crippen LogP contribution >= 0.6 is 0 Å². The van der Waals surface area contributed by atoms with Crippen LogP contribution in [-0.2, 0) is 17.6 Å². The summed E-state index contributed by atoms with van der Waals surface area (Å²) >= 11 is 0. The van der Waals surface area contributed by atoms with E-state index in [0.29, 0.717) is 24.5 Å². The minimum atomic E-state index is -0.717. The maximum absolute atomic E-state index is 12.9. The number of amides is 2. The zero-order valence-corrected chi connectivity index (χ0v) is 16.2. The van der Waals surface area contributed by atoms with Gasteiger partial charge in [-0.05, 0) is 17.9 Å². The monoisotopic (exact) mass is 391 g/mol. The summed E-state index contributed by atoms with van der Waals surface area (Å²) < 4.78 is 0. The first kappa shape index (κ1) is 18.7. The topological polar surface area (TPSA) is 117 Å². The molecule has 0 aliphatic carbocycles. The molecule has 4 rings (SSSR count). The third-order valence-corrected chi connectivity index (χ3v) is 5.00. The Morgan fingerprint density at radius 2 is 1.97 bits per heavy atom. The summed E-state index contributed by atoms with van der Waals surface area (Å²) in [6.07, 6.45) is 4.22. The molecule has 2 aromatic heterocycles. The molecule has 0 radical (unpaired) electrons. The number of aromatic amines is 1. The Kier molecular flexibility index (Phi) is 5.03. The molecule has 3 heterocycles. The molecule has 1 aliphatic rings. The van der Waals surface area contributed by atoms with Gasteiger partial charge in [0.15, 0.2) is 5.82 Å². The van der Waals surface area contributed by atoms with E-state index in [0.717, 1.165) is 11.3 Å². The summed E-state index contributed by atoms with van der Waals surface area (Å²) in [6, 6.07) is 9.06. The van der Waals surface area contributed by atoms with Gasteiger partial charge < -0.3 is 10.3 Å². The fourth-order valence-electron chi connectivity index (χ4n) is 3.44. The number of benzene rings is 1. The molecule has 2 atom stereocenters. The summed E-state index contributed by atoms with van der Waals surface area (Å²) in [5, 5.41) is 10.8. The van der Waals surface area contributed by atoms with E-state index in [1.807, 2.05) is 37.3 Å². The second-order valence-electron chi connectivity index (χ2n) is 7.14. The van der Waals surface area contributed by atoms with Gasteiger partial charge in [0, 0.05) is 25.9 Å². The predicted octanol–water partition coefficient (Wildman–Crippen LogP) is 1.14. The number of nitrogens with one attached hydrogen (secondary N) is 2. The van der Waals surface area contributed by atoms with Crippen LogP contribution in [0.4, 0.5) is 5.82 Å². The maximum Gasteiger partial charge on any atom is 0.289 e. The van der Waals surface area contributed by atoms with Gasteiger partial charge in [-0.3, -0.25) is 19.5 Å². The Bertz CT molecular complexity index is 1030. The number of nitrogens with zero attached hydrogens (tertiary/aromatic N) is 5. The number of rotatable bonds is 4. The third-order valence-electron chi connectivity index (χ3n) is 5.00. The van der Waals surface area contributed by atoms with E-state index >= 15 is 0 Å². The molecule has 0 bridgehead atoms. The van der Waals surface area contributed by atoms with Gasteiger partial charge in [0.05, 0.1) is 5.69 Å². The number of aromatic nitrogens is 5. The molecule has 2 N–H and O–H groups in total. The highest BCUT2D eigenvalue weighted by Gasteiger charge is 2.36. The highest BCUT2D eigenvalue weighted by molar-refractivity contribution is 6.01. The van der Waals surface area contributed by atoms with Gasteiger partial charge in [-0.1, -0.05) is 37.3 Å². The van der Waals surface area contributed by atoms with E-state index in [1.54, 1.807) is 19.4 Å². The Labute approximate surface area is 167 Å². The smallest absolute Gasteiger partial charge is 0.289 e. The SMILES string of the molecule is C[C@@H]1Cc2nccnc2N(C)C(=O)[C@@H]1NC(=O)c1nnc(Cc2ccccc2)[nH]1. The van der Waals surface area contributed by atoms with Crippen LogP contribution in [0.3, 0.4) is 0 Å². The number of anilines is 1. The molecule has 9 nitrogen and oxygen atoms in total. The van der Waals surface area contributed by atoms with Crippen molar-refractivity contribution < 1.29 is 9.59 Å². The first-order valence-corrected chi connectivity index (χ1v) is 9.36. The third kappa shape index (κ3) is 3.84. The fraction of sp³-hybridized carbons (Fsp3) is 0.300. The molecule has 1 aliphatic heterocycles. The van der Waals surface area contributed by atoms with E-state index in [9.17, 15) is 9.59 Å². The van der Waals surface area contributed by atoms with Crippen molar-refractivity contribution in [2.24, 2.45) is 5.92 Å². The Balaban J connectivity index is 1.49. The second-order valence-corrected chi connectivity index (χ2v) is 7.14. The second kappa shape index (κ2) is 7.78. The molecule has 2 amide bonds. The zero-order chi connectivity index (χ0) is 20.4. The maximum atomic E-state index is 12.9. The minimum Gasteiger partial charge on any atom is -0.337 e. The van der Waals surface area contributed by atoms with Gasteiger partial charge in [0.1, 0.15) is 11.9 Å². The fourth-order valence-corrected chi connectivity index (χ4v) is 3.44. The number of carbonyl (C=O) groups is 2. The molecular weight excluding hydrogens is 370 g/mol. The Hall–Kier alpha value is -3.62. The van der Waals surface area contributed by atoms with Gasteiger partial charge >= 0.3 is 0 Å². The van der Waals surface area contributed by atoms with E-state index in [2.05, 4.69) is 30.5 Å². The van der Waals surface area contributed by atoms with Crippen LogP contribution in [0.1, 0.15) is 34.6 Å². The lowest BCUT2D eigenvalue weighted by molar-refractivity contribution is -0.121. The van der Waals surface area contributed by atoms with E-state index in [4.69, 9.17) is 0 Å². The van der Waals surface area contributed by atoms with Crippen molar-refractivity contribution >= 4 is 17.6 Å². The van der Waals surface area contributed by atoms with Crippen molar-refractivity contribution in [1.29, 1.82) is 0 Å². The largest absolute Gasteiger partial charge is 0.337 e. The van der Waals surface area contributed by atoms with E-state index in [1.165, 1.54) is 4.90 Å². The molecule has 0 unspecified atom stereocenters. The van der Waals surface area contributed by atoms with Gasteiger partial charge in [0.25, 0.3) is 11.8 Å². The first-order chi connectivity index (χ1) is 14.0. The molecule has 0 saturated carbocycles. The molecular formula is C20H21N7O2. The summed E-state index contributed by atoms with van der Waals surface area (Å²) in [5.41, 5.74) is 1.79. The average molecular weight is 391 g/mol. The van der Waals surface area contributed by atoms with Crippen molar-refractivity contribution in [2.45, 2.75) is 25.8 Å². The van der Waals surface area contributed by atoms with Gasteiger partial charge in [-0.15, -0.1) is 10.2 Å². The predicted molar refractivity (Wildman–Crippen MR) is 105 cm³/mol. The molecule has 0 spiro atoms. The standard InChI is InChI=1S/C20H21N7O2/c1-12-10-14-18(22-9-8-21-14)27(2)20(29)16(12)24-19(28)17-23-15(25-26-17)11-13-6-4-3-5-7-13/h3-9,12,16H,10-11H2,1-2H3,(H,24,28)(H,23,25,26)/t12-,16-/m1/s1. The lowest BCUT2D eigenvalue weighted by atomic mass is 9.97. The summed E-state index contributed by atoms with van der Waals surface area (Å²) in [7, 11) is 1.64. The van der Waals surface area contributed by atoms with Gasteiger partial charge in [-0.25, -0.2) is 4.98 Å². The van der Waals surface area contributed by atoms with Crippen LogP contribution in [0, 0.1) is 5.92 Å². The summed E-state index contributed by atoms with van der Waals surface area (Å²) in [4.78, 5) is 38.6. The van der Waals surface area contributed by atoms with E-state index in [-0.39, 0.29) is 17.6 Å². The number of H-pyrrole nitrogens is 1. The molecule has 148 valence electrons. The lowest BCUT2D eigenvalue weighted by Crippen LogP contribution is -2.50. The summed E-state index contributed by atoms with van der Waals surface area (Å²) in [6.45, 7) is 1.90. The van der Waals surface area contributed by atoms with Crippen molar-refractivity contribution in [3.63, 3.8) is 0 Å².